The Morgan fingerprint density at radius 2 is 1.85 bits per heavy atom. The van der Waals surface area contributed by atoms with E-state index in [4.69, 9.17) is 22.1 Å². The molecule has 7 nitrogen and oxygen atoms in total. The molecule has 0 spiro atoms. The summed E-state index contributed by atoms with van der Waals surface area (Å²) < 4.78 is 42.4. The number of carbonyl (C=O) groups is 1. The first-order valence-electron chi connectivity index (χ1n) is 9.36. The number of isocyanates is 1. The maximum absolute atomic E-state index is 12.2. The molecule has 33 heavy (non-hydrogen) atoms. The van der Waals surface area contributed by atoms with Gasteiger partial charge in [0.2, 0.25) is 6.08 Å². The lowest BCUT2D eigenvalue weighted by atomic mass is 10.2. The Kier molecular flexibility index (Phi) is 8.97. The number of nitrogens with zero attached hydrogens (tertiary/aromatic N) is 2. The van der Waals surface area contributed by atoms with Crippen LogP contribution in [0.3, 0.4) is 0 Å². The van der Waals surface area contributed by atoms with Crippen molar-refractivity contribution in [2.45, 2.75) is 13.1 Å². The molecule has 172 valence electrons. The van der Waals surface area contributed by atoms with Crippen LogP contribution in [-0.4, -0.2) is 23.5 Å². The Bertz CT molecular complexity index is 1150. The number of hydrogen-bond acceptors (Lipinski definition) is 6. The number of nitrogen functional groups attached to an aromatic ring is 1. The number of halogens is 4. The normalized spacial score (nSPS) is 10.3. The molecule has 0 aliphatic carbocycles. The zero-order chi connectivity index (χ0) is 24.4. The molecule has 0 radical (unpaired) electrons. The molecule has 0 aliphatic heterocycles. The molecule has 0 atom stereocenters. The molecule has 3 rings (SSSR count). The van der Waals surface area contributed by atoms with Crippen molar-refractivity contribution in [3.05, 3.63) is 77.1 Å². The molecular formula is C22H18ClF3N4O3. The van der Waals surface area contributed by atoms with Gasteiger partial charge in [0.05, 0.1) is 16.3 Å². The van der Waals surface area contributed by atoms with Crippen molar-refractivity contribution in [1.82, 2.24) is 10.3 Å². The fourth-order valence-electron chi connectivity index (χ4n) is 2.37. The highest BCUT2D eigenvalue weighted by Crippen LogP contribution is 2.36. The summed E-state index contributed by atoms with van der Waals surface area (Å²) in [5.74, 6) is 0.994. The molecule has 0 unspecified atom stereocenters. The third-order valence-electron chi connectivity index (χ3n) is 3.85. The van der Waals surface area contributed by atoms with Gasteiger partial charge in [0.1, 0.15) is 17.2 Å². The zero-order valence-electron chi connectivity index (χ0n) is 17.2. The van der Waals surface area contributed by atoms with Crippen molar-refractivity contribution < 1.29 is 27.5 Å². The predicted molar refractivity (Wildman–Crippen MR) is 117 cm³/mol. The smallest absolute Gasteiger partial charge is 0.417 e. The zero-order valence-corrected chi connectivity index (χ0v) is 17.9. The van der Waals surface area contributed by atoms with Gasteiger partial charge in [-0.2, -0.15) is 18.2 Å². The van der Waals surface area contributed by atoms with E-state index in [1.807, 2.05) is 6.92 Å². The van der Waals surface area contributed by atoms with Crippen LogP contribution in [0.1, 0.15) is 23.0 Å². The number of alkyl halides is 3. The highest BCUT2D eigenvalue weighted by atomic mass is 35.5. The molecule has 3 N–H and O–H groups in total. The molecule has 0 saturated heterocycles. The van der Waals surface area contributed by atoms with Crippen molar-refractivity contribution in [2.75, 3.05) is 12.3 Å². The molecule has 2 aromatic carbocycles. The van der Waals surface area contributed by atoms with E-state index < -0.39 is 16.8 Å². The first-order valence-corrected chi connectivity index (χ1v) is 9.74. The van der Waals surface area contributed by atoms with Crippen molar-refractivity contribution >= 4 is 35.0 Å². The van der Waals surface area contributed by atoms with Gasteiger partial charge in [-0.05, 0) is 55.5 Å². The fourth-order valence-corrected chi connectivity index (χ4v) is 2.60. The maximum Gasteiger partial charge on any atom is 0.417 e. The summed E-state index contributed by atoms with van der Waals surface area (Å²) in [5, 5.41) is 2.26. The summed E-state index contributed by atoms with van der Waals surface area (Å²) in [6.07, 6.45) is -1.86. The van der Waals surface area contributed by atoms with Crippen LogP contribution in [0.15, 0.2) is 65.8 Å². The van der Waals surface area contributed by atoms with E-state index in [0.29, 0.717) is 35.5 Å². The average Bonchev–Trinajstić information content (AvgIpc) is 2.77. The van der Waals surface area contributed by atoms with Gasteiger partial charge in [0, 0.05) is 24.5 Å². The van der Waals surface area contributed by atoms with Crippen molar-refractivity contribution in [3.8, 4) is 11.5 Å². The molecule has 0 bridgehead atoms. The van der Waals surface area contributed by atoms with Gasteiger partial charge in [-0.25, -0.2) is 4.79 Å². The number of amides is 1. The Labute approximate surface area is 192 Å². The van der Waals surface area contributed by atoms with E-state index in [-0.39, 0.29) is 11.6 Å². The van der Waals surface area contributed by atoms with Gasteiger partial charge in [0.15, 0.2) is 0 Å². The number of pyridine rings is 1. The number of ether oxygens (including phenoxy) is 1. The largest absolute Gasteiger partial charge is 0.457 e. The van der Waals surface area contributed by atoms with E-state index >= 15 is 0 Å². The Morgan fingerprint density at radius 1 is 1.15 bits per heavy atom. The first-order chi connectivity index (χ1) is 15.6. The van der Waals surface area contributed by atoms with Crippen molar-refractivity contribution in [3.63, 3.8) is 0 Å². The molecule has 0 fully saturated rings. The summed E-state index contributed by atoms with van der Waals surface area (Å²) >= 11 is 5.32. The second kappa shape index (κ2) is 11.7. The molecule has 0 saturated carbocycles. The molecule has 1 amide bonds. The number of nitrogens with one attached hydrogen (secondary N) is 1. The van der Waals surface area contributed by atoms with Crippen LogP contribution < -0.4 is 15.8 Å². The minimum Gasteiger partial charge on any atom is -0.457 e. The van der Waals surface area contributed by atoms with Gasteiger partial charge < -0.3 is 15.8 Å². The summed E-state index contributed by atoms with van der Waals surface area (Å²) in [7, 11) is 0. The number of nitrogens with two attached hydrogens (primary N) is 1. The molecular weight excluding hydrogens is 461 g/mol. The van der Waals surface area contributed by atoms with Gasteiger partial charge in [0.25, 0.3) is 5.91 Å². The minimum atomic E-state index is -4.55. The van der Waals surface area contributed by atoms with Crippen molar-refractivity contribution in [2.24, 2.45) is 4.99 Å². The molecule has 1 aromatic heterocycles. The number of benzene rings is 2. The van der Waals surface area contributed by atoms with Gasteiger partial charge in [-0.3, -0.25) is 9.78 Å². The van der Waals surface area contributed by atoms with Crippen LogP contribution in [0.2, 0.25) is 5.02 Å². The average molecular weight is 479 g/mol. The quantitative estimate of drug-likeness (QED) is 0.285. The highest BCUT2D eigenvalue weighted by molar-refractivity contribution is 6.31. The lowest BCUT2D eigenvalue weighted by Gasteiger charge is -2.08. The van der Waals surface area contributed by atoms with Crippen LogP contribution >= 0.6 is 11.6 Å². The summed E-state index contributed by atoms with van der Waals surface area (Å²) in [5.41, 5.74) is 5.45. The number of carbonyl (C=O) groups excluding carboxylic acids is 2. The number of aromatic nitrogens is 1. The van der Waals surface area contributed by atoms with Crippen LogP contribution in [0.5, 0.6) is 11.5 Å². The van der Waals surface area contributed by atoms with Gasteiger partial charge in [-0.1, -0.05) is 11.6 Å². The fraction of sp³-hybridized carbons (Fsp3) is 0.136. The standard InChI is InChI=1S/C14H15N3O2.C8H3ClF3NO/c1-2-16-14(18)13-9-12(7-8-17-13)19-11-5-3-10(15)4-6-11;9-7-2-1-5(13-4-14)3-6(7)8(10,11)12/h3-9H,2,15H2,1H3,(H,16,18);1-3H. The Morgan fingerprint density at radius 3 is 2.45 bits per heavy atom. The summed E-state index contributed by atoms with van der Waals surface area (Å²) in [6.45, 7) is 2.41. The van der Waals surface area contributed by atoms with Crippen LogP contribution in [0.25, 0.3) is 0 Å². The lowest BCUT2D eigenvalue weighted by Crippen LogP contribution is -2.23. The van der Waals surface area contributed by atoms with Crippen LogP contribution in [0, 0.1) is 0 Å². The minimum absolute atomic E-state index is 0.128. The molecule has 0 aliphatic rings. The van der Waals surface area contributed by atoms with Gasteiger partial charge in [-0.15, -0.1) is 0 Å². The van der Waals surface area contributed by atoms with E-state index in [1.54, 1.807) is 36.4 Å². The number of rotatable bonds is 5. The Balaban J connectivity index is 0.000000245. The first kappa shape index (κ1) is 25.4. The molecule has 11 heteroatoms. The molecule has 3 aromatic rings. The number of hydrogen-bond donors (Lipinski definition) is 2. The molecule has 1 heterocycles. The highest BCUT2D eigenvalue weighted by Gasteiger charge is 2.33. The Hall–Kier alpha value is -3.88. The van der Waals surface area contributed by atoms with E-state index in [0.717, 1.165) is 12.1 Å². The monoisotopic (exact) mass is 478 g/mol. The lowest BCUT2D eigenvalue weighted by molar-refractivity contribution is -0.137. The number of aliphatic imine (C=N–C) groups is 1. The second-order valence-electron chi connectivity index (χ2n) is 6.27. The van der Waals surface area contributed by atoms with Crippen LogP contribution in [0.4, 0.5) is 24.5 Å². The van der Waals surface area contributed by atoms with Crippen LogP contribution in [-0.2, 0) is 11.0 Å². The van der Waals surface area contributed by atoms with E-state index in [2.05, 4.69) is 15.3 Å². The topological polar surface area (TPSA) is 107 Å². The second-order valence-corrected chi connectivity index (χ2v) is 6.68. The summed E-state index contributed by atoms with van der Waals surface area (Å²) in [6, 6.07) is 13.2. The summed E-state index contributed by atoms with van der Waals surface area (Å²) in [4.78, 5) is 28.5. The van der Waals surface area contributed by atoms with Gasteiger partial charge >= 0.3 is 6.18 Å². The SMILES string of the molecule is CCNC(=O)c1cc(Oc2ccc(N)cc2)ccn1.O=C=Nc1ccc(Cl)c(C(F)(F)F)c1. The predicted octanol–water partition coefficient (Wildman–Crippen LogP) is 5.53. The van der Waals surface area contributed by atoms with E-state index in [1.165, 1.54) is 12.3 Å². The third-order valence-corrected chi connectivity index (χ3v) is 4.18. The van der Waals surface area contributed by atoms with Crippen molar-refractivity contribution in [1.29, 1.82) is 0 Å². The number of anilines is 1. The third kappa shape index (κ3) is 7.95. The maximum atomic E-state index is 12.2. The van der Waals surface area contributed by atoms with E-state index in [9.17, 15) is 22.8 Å².